The van der Waals surface area contributed by atoms with E-state index in [1.165, 1.54) is 5.56 Å². The summed E-state index contributed by atoms with van der Waals surface area (Å²) >= 11 is 1.67. The predicted molar refractivity (Wildman–Crippen MR) is 125 cm³/mol. The molecule has 4 rings (SSSR count). The van der Waals surface area contributed by atoms with Crippen molar-refractivity contribution in [2.75, 3.05) is 0 Å². The number of H-pyrrole nitrogens is 1. The average molecular weight is 418 g/mol. The van der Waals surface area contributed by atoms with E-state index in [1.807, 2.05) is 62.5 Å². The molecule has 154 valence electrons. The molecule has 0 saturated heterocycles. The average Bonchev–Trinajstić information content (AvgIpc) is 3.43. The largest absolute Gasteiger partial charge is 0.361 e. The van der Waals surface area contributed by atoms with Crippen molar-refractivity contribution in [1.29, 1.82) is 0 Å². The summed E-state index contributed by atoms with van der Waals surface area (Å²) < 4.78 is 0. The third kappa shape index (κ3) is 4.48. The van der Waals surface area contributed by atoms with Crippen LogP contribution >= 0.6 is 11.3 Å². The van der Waals surface area contributed by atoms with E-state index in [9.17, 15) is 4.79 Å². The van der Waals surface area contributed by atoms with Crippen LogP contribution in [-0.2, 0) is 17.8 Å². The molecule has 0 bridgehead atoms. The van der Waals surface area contributed by atoms with Crippen LogP contribution in [0.5, 0.6) is 0 Å². The molecular formula is C25H27N3OS. The van der Waals surface area contributed by atoms with Crippen molar-refractivity contribution in [3.8, 4) is 0 Å². The Morgan fingerprint density at radius 1 is 1.10 bits per heavy atom. The fraction of sp³-hybridized carbons (Fsp3) is 0.240. The molecule has 0 fully saturated rings. The lowest BCUT2D eigenvalue weighted by atomic mass is 9.90. The molecule has 2 aromatic carbocycles. The number of nitrogens with one attached hydrogen (secondary N) is 3. The molecular weight excluding hydrogens is 390 g/mol. The minimum atomic E-state index is -0.754. The maximum Gasteiger partial charge on any atom is 0.240 e. The molecule has 2 atom stereocenters. The molecule has 0 spiro atoms. The maximum atomic E-state index is 13.5. The molecule has 2 aromatic heterocycles. The van der Waals surface area contributed by atoms with E-state index < -0.39 is 5.54 Å². The van der Waals surface area contributed by atoms with Crippen LogP contribution in [0.2, 0.25) is 0 Å². The standard InChI is InChI=1S/C25H27N3OS/c1-18(20-8-4-3-5-9-20)28-24(29)25(2,27-15-19-12-13-30-17-19)14-21-16-26-23-11-7-6-10-22(21)23/h3-13,16-18,26-27H,14-15H2,1-2H3,(H,28,29). The number of rotatable bonds is 8. The summed E-state index contributed by atoms with van der Waals surface area (Å²) in [4.78, 5) is 16.8. The van der Waals surface area contributed by atoms with Crippen molar-refractivity contribution in [1.82, 2.24) is 15.6 Å². The summed E-state index contributed by atoms with van der Waals surface area (Å²) in [6.45, 7) is 4.67. The summed E-state index contributed by atoms with van der Waals surface area (Å²) in [6.07, 6.45) is 2.61. The second-order valence-corrected chi connectivity index (χ2v) is 8.74. The molecule has 4 aromatic rings. The highest BCUT2D eigenvalue weighted by atomic mass is 32.1. The van der Waals surface area contributed by atoms with Gasteiger partial charge in [0.1, 0.15) is 0 Å². The van der Waals surface area contributed by atoms with Gasteiger partial charge in [0, 0.05) is 30.1 Å². The van der Waals surface area contributed by atoms with Crippen LogP contribution in [0.1, 0.15) is 36.6 Å². The van der Waals surface area contributed by atoms with Crippen LogP contribution in [0.15, 0.2) is 77.6 Å². The Balaban J connectivity index is 1.58. The van der Waals surface area contributed by atoms with Crippen molar-refractivity contribution in [2.24, 2.45) is 0 Å². The van der Waals surface area contributed by atoms with Crippen molar-refractivity contribution < 1.29 is 4.79 Å². The van der Waals surface area contributed by atoms with Crippen molar-refractivity contribution in [3.05, 3.63) is 94.3 Å². The first-order valence-corrected chi connectivity index (χ1v) is 11.2. The van der Waals surface area contributed by atoms with E-state index in [4.69, 9.17) is 0 Å². The van der Waals surface area contributed by atoms with Gasteiger partial charge in [0.15, 0.2) is 0 Å². The van der Waals surface area contributed by atoms with Gasteiger partial charge in [0.25, 0.3) is 0 Å². The van der Waals surface area contributed by atoms with E-state index in [0.717, 1.165) is 22.0 Å². The Kier molecular flexibility index (Phi) is 6.02. The highest BCUT2D eigenvalue weighted by Crippen LogP contribution is 2.24. The number of hydrogen-bond acceptors (Lipinski definition) is 3. The number of hydrogen-bond donors (Lipinski definition) is 3. The van der Waals surface area contributed by atoms with E-state index in [1.54, 1.807) is 11.3 Å². The topological polar surface area (TPSA) is 56.9 Å². The molecule has 0 aliphatic rings. The lowest BCUT2D eigenvalue weighted by Crippen LogP contribution is -2.56. The number of aromatic nitrogens is 1. The lowest BCUT2D eigenvalue weighted by molar-refractivity contribution is -0.127. The van der Waals surface area contributed by atoms with Crippen LogP contribution in [0, 0.1) is 0 Å². The third-order valence-corrected chi connectivity index (χ3v) is 6.36. The van der Waals surface area contributed by atoms with E-state index in [0.29, 0.717) is 13.0 Å². The number of carbonyl (C=O) groups is 1. The number of para-hydroxylation sites is 1. The first kappa shape index (κ1) is 20.4. The first-order valence-electron chi connectivity index (χ1n) is 10.2. The van der Waals surface area contributed by atoms with Gasteiger partial charge >= 0.3 is 0 Å². The number of aromatic amines is 1. The maximum absolute atomic E-state index is 13.5. The van der Waals surface area contributed by atoms with Crippen molar-refractivity contribution in [2.45, 2.75) is 38.4 Å². The summed E-state index contributed by atoms with van der Waals surface area (Å²) in [5, 5.41) is 12.1. The quantitative estimate of drug-likeness (QED) is 0.369. The van der Waals surface area contributed by atoms with Gasteiger partial charge in [-0.05, 0) is 53.4 Å². The summed E-state index contributed by atoms with van der Waals surface area (Å²) in [7, 11) is 0. The van der Waals surface area contributed by atoms with Gasteiger partial charge in [0.2, 0.25) is 5.91 Å². The van der Waals surface area contributed by atoms with Crippen LogP contribution in [0.4, 0.5) is 0 Å². The van der Waals surface area contributed by atoms with Crippen molar-refractivity contribution in [3.63, 3.8) is 0 Å². The fourth-order valence-corrected chi connectivity index (χ4v) is 4.42. The van der Waals surface area contributed by atoms with Crippen LogP contribution in [-0.4, -0.2) is 16.4 Å². The number of amides is 1. The zero-order chi connectivity index (χ0) is 21.0. The molecule has 3 N–H and O–H groups in total. The highest BCUT2D eigenvalue weighted by Gasteiger charge is 2.34. The number of fused-ring (bicyclic) bond motifs is 1. The molecule has 0 aliphatic heterocycles. The van der Waals surface area contributed by atoms with Gasteiger partial charge in [-0.2, -0.15) is 11.3 Å². The van der Waals surface area contributed by atoms with E-state index in [-0.39, 0.29) is 11.9 Å². The Hall–Kier alpha value is -2.89. The molecule has 30 heavy (non-hydrogen) atoms. The van der Waals surface area contributed by atoms with Gasteiger partial charge in [-0.1, -0.05) is 48.5 Å². The van der Waals surface area contributed by atoms with Crippen LogP contribution < -0.4 is 10.6 Å². The molecule has 2 unspecified atom stereocenters. The zero-order valence-corrected chi connectivity index (χ0v) is 18.1. The van der Waals surface area contributed by atoms with Gasteiger partial charge in [0.05, 0.1) is 11.6 Å². The van der Waals surface area contributed by atoms with Gasteiger partial charge in [-0.3, -0.25) is 10.1 Å². The summed E-state index contributed by atoms with van der Waals surface area (Å²) in [6, 6.07) is 20.3. The van der Waals surface area contributed by atoms with Gasteiger partial charge in [-0.15, -0.1) is 0 Å². The smallest absolute Gasteiger partial charge is 0.240 e. The number of carbonyl (C=O) groups excluding carboxylic acids is 1. The normalized spacial score (nSPS) is 14.3. The fourth-order valence-electron chi connectivity index (χ4n) is 3.75. The Bertz CT molecular complexity index is 1100. The molecule has 0 radical (unpaired) electrons. The van der Waals surface area contributed by atoms with Crippen LogP contribution in [0.3, 0.4) is 0 Å². The second-order valence-electron chi connectivity index (χ2n) is 7.96. The minimum Gasteiger partial charge on any atom is -0.361 e. The third-order valence-electron chi connectivity index (χ3n) is 5.63. The van der Waals surface area contributed by atoms with Gasteiger partial charge in [-0.25, -0.2) is 0 Å². The predicted octanol–water partition coefficient (Wildman–Crippen LogP) is 5.20. The monoisotopic (exact) mass is 417 g/mol. The number of thiophene rings is 1. The van der Waals surface area contributed by atoms with Crippen LogP contribution in [0.25, 0.3) is 10.9 Å². The first-order chi connectivity index (χ1) is 14.5. The Labute approximate surface area is 181 Å². The van der Waals surface area contributed by atoms with E-state index in [2.05, 4.69) is 44.6 Å². The molecule has 5 heteroatoms. The van der Waals surface area contributed by atoms with Gasteiger partial charge < -0.3 is 10.3 Å². The molecule has 2 heterocycles. The molecule has 0 aliphatic carbocycles. The summed E-state index contributed by atoms with van der Waals surface area (Å²) in [5.41, 5.74) is 3.75. The second kappa shape index (κ2) is 8.86. The Morgan fingerprint density at radius 2 is 1.87 bits per heavy atom. The zero-order valence-electron chi connectivity index (χ0n) is 17.3. The summed E-state index contributed by atoms with van der Waals surface area (Å²) in [5.74, 6) is -0.000589. The molecule has 4 nitrogen and oxygen atoms in total. The highest BCUT2D eigenvalue weighted by molar-refractivity contribution is 7.07. The SMILES string of the molecule is CC(NC(=O)C(C)(Cc1c[nH]c2ccccc12)NCc1ccsc1)c1ccccc1. The Morgan fingerprint density at radius 3 is 2.63 bits per heavy atom. The molecule has 0 saturated carbocycles. The van der Waals surface area contributed by atoms with Crippen molar-refractivity contribution >= 4 is 28.1 Å². The lowest BCUT2D eigenvalue weighted by Gasteiger charge is -2.31. The van der Waals surface area contributed by atoms with E-state index >= 15 is 0 Å². The number of benzene rings is 2. The minimum absolute atomic E-state index is 0.000589. The molecule has 1 amide bonds.